The largest absolute Gasteiger partial charge is 0.508 e. The number of likely N-dealkylation sites (tertiary alicyclic amines) is 1. The van der Waals surface area contributed by atoms with E-state index in [1.807, 2.05) is 24.0 Å². The molecule has 1 aliphatic rings. The molecule has 1 amide bonds. The second kappa shape index (κ2) is 7.46. The molecule has 1 aliphatic heterocycles. The van der Waals surface area contributed by atoms with E-state index in [1.54, 1.807) is 12.1 Å². The van der Waals surface area contributed by atoms with Gasteiger partial charge in [-0.25, -0.2) is 0 Å². The highest BCUT2D eigenvalue weighted by Gasteiger charge is 2.22. The fourth-order valence-electron chi connectivity index (χ4n) is 2.93. The molecule has 2 atom stereocenters. The molecular weight excluding hydrogens is 264 g/mol. The summed E-state index contributed by atoms with van der Waals surface area (Å²) in [6, 6.07) is 7.32. The Kier molecular flexibility index (Phi) is 5.62. The van der Waals surface area contributed by atoms with Crippen LogP contribution >= 0.6 is 0 Å². The van der Waals surface area contributed by atoms with E-state index in [-0.39, 0.29) is 23.7 Å². The second-order valence-corrected chi connectivity index (χ2v) is 6.05. The molecule has 0 saturated carbocycles. The fraction of sp³-hybridized carbons (Fsp3) is 0.588. The molecule has 0 bridgehead atoms. The van der Waals surface area contributed by atoms with Crippen LogP contribution in [0.25, 0.3) is 0 Å². The van der Waals surface area contributed by atoms with E-state index >= 15 is 0 Å². The van der Waals surface area contributed by atoms with Crippen molar-refractivity contribution in [2.24, 2.45) is 0 Å². The Morgan fingerprint density at radius 1 is 1.19 bits per heavy atom. The summed E-state index contributed by atoms with van der Waals surface area (Å²) in [5.74, 6) is 0.500. The molecule has 0 aliphatic carbocycles. The normalized spacial score (nSPS) is 18.3. The molecule has 0 radical (unpaired) electrons. The lowest BCUT2D eigenvalue weighted by Crippen LogP contribution is -2.49. The lowest BCUT2D eigenvalue weighted by atomic mass is 10.1. The van der Waals surface area contributed by atoms with Crippen molar-refractivity contribution in [3.8, 4) is 5.75 Å². The van der Waals surface area contributed by atoms with Gasteiger partial charge in [-0.15, -0.1) is 0 Å². The monoisotopic (exact) mass is 290 g/mol. The number of hydrogen-bond donors (Lipinski definition) is 2. The van der Waals surface area contributed by atoms with Crippen LogP contribution in [0.2, 0.25) is 0 Å². The molecule has 4 heteroatoms. The summed E-state index contributed by atoms with van der Waals surface area (Å²) in [7, 11) is 0. The Morgan fingerprint density at radius 3 is 2.43 bits per heavy atom. The zero-order valence-electron chi connectivity index (χ0n) is 13.0. The van der Waals surface area contributed by atoms with Gasteiger partial charge in [0.2, 0.25) is 5.91 Å². The standard InChI is InChI=1S/C17H26N2O2/c1-13(12-15-6-8-16(20)9-7-15)18-14(2)17(21)19-10-4-3-5-11-19/h6-9,13-14,18,20H,3-5,10-12H2,1-2H3. The number of phenolic OH excluding ortho intramolecular Hbond substituents is 1. The number of carbonyl (C=O) groups is 1. The molecule has 1 heterocycles. The molecule has 4 nitrogen and oxygen atoms in total. The third-order valence-electron chi connectivity index (χ3n) is 4.05. The molecule has 1 aromatic carbocycles. The van der Waals surface area contributed by atoms with Gasteiger partial charge in [0.15, 0.2) is 0 Å². The summed E-state index contributed by atoms with van der Waals surface area (Å²) in [5, 5.41) is 12.7. The predicted octanol–water partition coefficient (Wildman–Crippen LogP) is 2.31. The predicted molar refractivity (Wildman–Crippen MR) is 84.3 cm³/mol. The Balaban J connectivity index is 1.82. The van der Waals surface area contributed by atoms with Crippen LogP contribution in [0.3, 0.4) is 0 Å². The third-order valence-corrected chi connectivity index (χ3v) is 4.05. The zero-order chi connectivity index (χ0) is 15.2. The summed E-state index contributed by atoms with van der Waals surface area (Å²) in [4.78, 5) is 14.3. The number of aromatic hydroxyl groups is 1. The zero-order valence-corrected chi connectivity index (χ0v) is 13.0. The Labute approximate surface area is 127 Å². The molecule has 116 valence electrons. The second-order valence-electron chi connectivity index (χ2n) is 6.05. The van der Waals surface area contributed by atoms with Crippen LogP contribution in [0.4, 0.5) is 0 Å². The van der Waals surface area contributed by atoms with E-state index in [0.29, 0.717) is 0 Å². The molecule has 2 N–H and O–H groups in total. The van der Waals surface area contributed by atoms with E-state index in [1.165, 1.54) is 6.42 Å². The van der Waals surface area contributed by atoms with Gasteiger partial charge in [0, 0.05) is 19.1 Å². The van der Waals surface area contributed by atoms with Crippen LogP contribution in [-0.2, 0) is 11.2 Å². The molecule has 1 saturated heterocycles. The van der Waals surface area contributed by atoms with Crippen molar-refractivity contribution in [3.63, 3.8) is 0 Å². The Bertz CT molecular complexity index is 452. The lowest BCUT2D eigenvalue weighted by molar-refractivity contribution is -0.134. The molecule has 21 heavy (non-hydrogen) atoms. The molecule has 1 aromatic rings. The lowest BCUT2D eigenvalue weighted by Gasteiger charge is -2.30. The van der Waals surface area contributed by atoms with Gasteiger partial charge in [-0.2, -0.15) is 0 Å². The van der Waals surface area contributed by atoms with Crippen molar-refractivity contribution in [1.82, 2.24) is 10.2 Å². The van der Waals surface area contributed by atoms with Gasteiger partial charge >= 0.3 is 0 Å². The SMILES string of the molecule is CC(Cc1ccc(O)cc1)NC(C)C(=O)N1CCCCC1. The first-order chi connectivity index (χ1) is 10.1. The van der Waals surface area contributed by atoms with Crippen molar-refractivity contribution in [2.75, 3.05) is 13.1 Å². The highest BCUT2D eigenvalue weighted by molar-refractivity contribution is 5.81. The molecule has 0 spiro atoms. The topological polar surface area (TPSA) is 52.6 Å². The van der Waals surface area contributed by atoms with Crippen molar-refractivity contribution in [3.05, 3.63) is 29.8 Å². The van der Waals surface area contributed by atoms with Gasteiger partial charge in [0.05, 0.1) is 6.04 Å². The summed E-state index contributed by atoms with van der Waals surface area (Å²) in [6.07, 6.45) is 4.34. The van der Waals surface area contributed by atoms with Crippen LogP contribution in [0.1, 0.15) is 38.7 Å². The van der Waals surface area contributed by atoms with E-state index < -0.39 is 0 Å². The number of amides is 1. The summed E-state index contributed by atoms with van der Waals surface area (Å²) < 4.78 is 0. The minimum Gasteiger partial charge on any atom is -0.508 e. The molecular formula is C17H26N2O2. The maximum atomic E-state index is 12.4. The van der Waals surface area contributed by atoms with E-state index in [9.17, 15) is 9.90 Å². The summed E-state index contributed by atoms with van der Waals surface area (Å²) >= 11 is 0. The number of benzene rings is 1. The van der Waals surface area contributed by atoms with Crippen molar-refractivity contribution < 1.29 is 9.90 Å². The Morgan fingerprint density at radius 2 is 1.81 bits per heavy atom. The number of nitrogens with zero attached hydrogens (tertiary/aromatic N) is 1. The van der Waals surface area contributed by atoms with Gasteiger partial charge in [-0.3, -0.25) is 4.79 Å². The number of rotatable bonds is 5. The average Bonchev–Trinajstić information content (AvgIpc) is 2.49. The molecule has 2 rings (SSSR count). The summed E-state index contributed by atoms with van der Waals surface area (Å²) in [5.41, 5.74) is 1.16. The maximum absolute atomic E-state index is 12.4. The number of carbonyl (C=O) groups excluding carboxylic acids is 1. The average molecular weight is 290 g/mol. The minimum atomic E-state index is -0.143. The van der Waals surface area contributed by atoms with Crippen LogP contribution in [-0.4, -0.2) is 41.1 Å². The van der Waals surface area contributed by atoms with Crippen LogP contribution in [0.5, 0.6) is 5.75 Å². The first kappa shape index (κ1) is 15.8. The third kappa shape index (κ3) is 4.74. The van der Waals surface area contributed by atoms with E-state index in [2.05, 4.69) is 12.2 Å². The minimum absolute atomic E-state index is 0.143. The van der Waals surface area contributed by atoms with Crippen LogP contribution < -0.4 is 5.32 Å². The van der Waals surface area contributed by atoms with Crippen LogP contribution in [0.15, 0.2) is 24.3 Å². The highest BCUT2D eigenvalue weighted by Crippen LogP contribution is 2.13. The van der Waals surface area contributed by atoms with Crippen molar-refractivity contribution in [2.45, 2.75) is 51.6 Å². The smallest absolute Gasteiger partial charge is 0.239 e. The molecule has 2 unspecified atom stereocenters. The first-order valence-corrected chi connectivity index (χ1v) is 7.89. The summed E-state index contributed by atoms with van der Waals surface area (Å²) in [6.45, 7) is 5.84. The maximum Gasteiger partial charge on any atom is 0.239 e. The van der Waals surface area contributed by atoms with Gasteiger partial charge in [-0.1, -0.05) is 12.1 Å². The number of phenols is 1. The highest BCUT2D eigenvalue weighted by atomic mass is 16.3. The number of hydrogen-bond acceptors (Lipinski definition) is 3. The number of piperidine rings is 1. The quantitative estimate of drug-likeness (QED) is 0.875. The van der Waals surface area contributed by atoms with E-state index in [4.69, 9.17) is 0 Å². The van der Waals surface area contributed by atoms with Crippen molar-refractivity contribution >= 4 is 5.91 Å². The van der Waals surface area contributed by atoms with Gasteiger partial charge in [0.25, 0.3) is 0 Å². The van der Waals surface area contributed by atoms with Gasteiger partial charge in [0.1, 0.15) is 5.75 Å². The fourth-order valence-corrected chi connectivity index (χ4v) is 2.93. The Hall–Kier alpha value is -1.55. The van der Waals surface area contributed by atoms with Gasteiger partial charge in [-0.05, 0) is 57.2 Å². The van der Waals surface area contributed by atoms with Crippen molar-refractivity contribution in [1.29, 1.82) is 0 Å². The number of nitrogens with one attached hydrogen (secondary N) is 1. The molecule has 1 fully saturated rings. The van der Waals surface area contributed by atoms with E-state index in [0.717, 1.165) is 37.9 Å². The molecule has 0 aromatic heterocycles. The van der Waals surface area contributed by atoms with Crippen LogP contribution in [0, 0.1) is 0 Å². The first-order valence-electron chi connectivity index (χ1n) is 7.89. The van der Waals surface area contributed by atoms with Gasteiger partial charge < -0.3 is 15.3 Å².